The summed E-state index contributed by atoms with van der Waals surface area (Å²) in [7, 11) is 0. The van der Waals surface area contributed by atoms with Gasteiger partial charge in [-0.1, -0.05) is 12.1 Å². The quantitative estimate of drug-likeness (QED) is 0.902. The number of nitrogens with zero attached hydrogens (tertiary/aromatic N) is 3. The molecule has 0 radical (unpaired) electrons. The SMILES string of the molecule is CCOc1nc2ccccc2nc1NC1CCN(C(=O)OC(C)(C)C)C1. The van der Waals surface area contributed by atoms with E-state index in [2.05, 4.69) is 15.3 Å². The summed E-state index contributed by atoms with van der Waals surface area (Å²) < 4.78 is 11.1. The number of rotatable bonds is 4. The summed E-state index contributed by atoms with van der Waals surface area (Å²) >= 11 is 0. The monoisotopic (exact) mass is 358 g/mol. The number of benzene rings is 1. The van der Waals surface area contributed by atoms with Crippen molar-refractivity contribution in [2.75, 3.05) is 25.0 Å². The lowest BCUT2D eigenvalue weighted by molar-refractivity contribution is 0.0293. The van der Waals surface area contributed by atoms with E-state index in [9.17, 15) is 4.79 Å². The first-order chi connectivity index (χ1) is 12.4. The molecule has 1 unspecified atom stereocenters. The second-order valence-corrected chi connectivity index (χ2v) is 7.36. The molecule has 0 spiro atoms. The molecule has 1 N–H and O–H groups in total. The third-order valence-electron chi connectivity index (χ3n) is 4.00. The summed E-state index contributed by atoms with van der Waals surface area (Å²) in [5.41, 5.74) is 1.11. The lowest BCUT2D eigenvalue weighted by Gasteiger charge is -2.24. The Morgan fingerprint density at radius 1 is 1.27 bits per heavy atom. The molecule has 0 bridgehead atoms. The molecule has 7 nitrogen and oxygen atoms in total. The van der Waals surface area contributed by atoms with Crippen LogP contribution in [-0.4, -0.2) is 52.3 Å². The molecule has 1 aromatic carbocycles. The van der Waals surface area contributed by atoms with Crippen LogP contribution in [0.3, 0.4) is 0 Å². The van der Waals surface area contributed by atoms with Crippen LogP contribution < -0.4 is 10.1 Å². The maximum absolute atomic E-state index is 12.2. The molecule has 7 heteroatoms. The van der Waals surface area contributed by atoms with E-state index in [1.54, 1.807) is 4.90 Å². The largest absolute Gasteiger partial charge is 0.475 e. The molecule has 2 heterocycles. The summed E-state index contributed by atoms with van der Waals surface area (Å²) in [5, 5.41) is 3.39. The van der Waals surface area contributed by atoms with Crippen LogP contribution >= 0.6 is 0 Å². The number of para-hydroxylation sites is 2. The molecular weight excluding hydrogens is 332 g/mol. The Kier molecular flexibility index (Phi) is 5.15. The molecule has 0 aliphatic carbocycles. The second-order valence-electron chi connectivity index (χ2n) is 7.36. The predicted octanol–water partition coefficient (Wildman–Crippen LogP) is 3.45. The van der Waals surface area contributed by atoms with Gasteiger partial charge in [0.25, 0.3) is 5.88 Å². The van der Waals surface area contributed by atoms with Gasteiger partial charge in [0.2, 0.25) is 0 Å². The van der Waals surface area contributed by atoms with Crippen LogP contribution in [0, 0.1) is 0 Å². The standard InChI is InChI=1S/C19H26N4O3/c1-5-25-17-16(21-14-8-6-7-9-15(14)22-17)20-13-10-11-23(12-13)18(24)26-19(2,3)4/h6-9,13H,5,10-12H2,1-4H3,(H,20,21). The van der Waals surface area contributed by atoms with E-state index >= 15 is 0 Å². The molecule has 140 valence electrons. The van der Waals surface area contributed by atoms with E-state index < -0.39 is 5.60 Å². The average Bonchev–Trinajstić information content (AvgIpc) is 3.03. The van der Waals surface area contributed by atoms with Crippen molar-refractivity contribution in [3.05, 3.63) is 24.3 Å². The Balaban J connectivity index is 1.73. The highest BCUT2D eigenvalue weighted by molar-refractivity contribution is 5.77. The van der Waals surface area contributed by atoms with Gasteiger partial charge >= 0.3 is 6.09 Å². The number of fused-ring (bicyclic) bond motifs is 1. The van der Waals surface area contributed by atoms with Crippen molar-refractivity contribution in [2.45, 2.75) is 45.8 Å². The number of nitrogens with one attached hydrogen (secondary N) is 1. The lowest BCUT2D eigenvalue weighted by atomic mass is 10.2. The number of aromatic nitrogens is 2. The number of amides is 1. The summed E-state index contributed by atoms with van der Waals surface area (Å²) in [4.78, 5) is 23.2. The molecule has 1 fully saturated rings. The Labute approximate surface area is 153 Å². The highest BCUT2D eigenvalue weighted by Gasteiger charge is 2.30. The van der Waals surface area contributed by atoms with Crippen molar-refractivity contribution in [3.63, 3.8) is 0 Å². The Morgan fingerprint density at radius 2 is 1.96 bits per heavy atom. The fourth-order valence-corrected chi connectivity index (χ4v) is 2.88. The predicted molar refractivity (Wildman–Crippen MR) is 101 cm³/mol. The molecule has 1 aliphatic heterocycles. The molecule has 0 saturated carbocycles. The summed E-state index contributed by atoms with van der Waals surface area (Å²) in [6, 6.07) is 7.77. The van der Waals surface area contributed by atoms with Crippen LogP contribution in [-0.2, 0) is 4.74 Å². The van der Waals surface area contributed by atoms with Crippen molar-refractivity contribution >= 4 is 22.9 Å². The first-order valence-corrected chi connectivity index (χ1v) is 9.00. The zero-order valence-electron chi connectivity index (χ0n) is 15.8. The number of anilines is 1. The van der Waals surface area contributed by atoms with Gasteiger partial charge in [0.1, 0.15) is 5.60 Å². The number of hydrogen-bond acceptors (Lipinski definition) is 6. The fraction of sp³-hybridized carbons (Fsp3) is 0.526. The van der Waals surface area contributed by atoms with Gasteiger partial charge in [0.15, 0.2) is 5.82 Å². The number of ether oxygens (including phenoxy) is 2. The van der Waals surface area contributed by atoms with Crippen molar-refractivity contribution in [2.24, 2.45) is 0 Å². The van der Waals surface area contributed by atoms with E-state index in [-0.39, 0.29) is 12.1 Å². The van der Waals surface area contributed by atoms with Crippen LogP contribution in [0.15, 0.2) is 24.3 Å². The van der Waals surface area contributed by atoms with Gasteiger partial charge in [-0.15, -0.1) is 0 Å². The molecular formula is C19H26N4O3. The number of carbonyl (C=O) groups is 1. The Hall–Kier alpha value is -2.57. The minimum Gasteiger partial charge on any atom is -0.475 e. The normalized spacial score (nSPS) is 17.4. The van der Waals surface area contributed by atoms with Crippen LogP contribution in [0.1, 0.15) is 34.1 Å². The molecule has 2 aromatic rings. The van der Waals surface area contributed by atoms with Gasteiger partial charge in [-0.3, -0.25) is 0 Å². The van der Waals surface area contributed by atoms with Crippen molar-refractivity contribution < 1.29 is 14.3 Å². The van der Waals surface area contributed by atoms with Gasteiger partial charge in [0.05, 0.1) is 17.6 Å². The van der Waals surface area contributed by atoms with E-state index in [0.717, 1.165) is 17.5 Å². The van der Waals surface area contributed by atoms with Gasteiger partial charge in [-0.2, -0.15) is 0 Å². The maximum Gasteiger partial charge on any atom is 0.410 e. The molecule has 1 saturated heterocycles. The maximum atomic E-state index is 12.2. The molecule has 26 heavy (non-hydrogen) atoms. The highest BCUT2D eigenvalue weighted by atomic mass is 16.6. The van der Waals surface area contributed by atoms with Gasteiger partial charge in [-0.05, 0) is 46.2 Å². The zero-order valence-corrected chi connectivity index (χ0v) is 15.8. The van der Waals surface area contributed by atoms with Crippen LogP contribution in [0.25, 0.3) is 11.0 Å². The number of hydrogen-bond donors (Lipinski definition) is 1. The summed E-state index contributed by atoms with van der Waals surface area (Å²) in [6.45, 7) is 9.25. The fourth-order valence-electron chi connectivity index (χ4n) is 2.88. The Morgan fingerprint density at radius 3 is 2.62 bits per heavy atom. The van der Waals surface area contributed by atoms with E-state index in [1.807, 2.05) is 52.0 Å². The smallest absolute Gasteiger partial charge is 0.410 e. The van der Waals surface area contributed by atoms with E-state index in [1.165, 1.54) is 0 Å². The summed E-state index contributed by atoms with van der Waals surface area (Å²) in [6.07, 6.45) is 0.538. The Bertz CT molecular complexity index is 788. The highest BCUT2D eigenvalue weighted by Crippen LogP contribution is 2.26. The lowest BCUT2D eigenvalue weighted by Crippen LogP contribution is -2.36. The molecule has 1 aromatic heterocycles. The first-order valence-electron chi connectivity index (χ1n) is 9.00. The van der Waals surface area contributed by atoms with Crippen molar-refractivity contribution in [1.82, 2.24) is 14.9 Å². The summed E-state index contributed by atoms with van der Waals surface area (Å²) in [5.74, 6) is 1.10. The minimum absolute atomic E-state index is 0.0807. The average molecular weight is 358 g/mol. The third-order valence-corrected chi connectivity index (χ3v) is 4.00. The first kappa shape index (κ1) is 18.2. The zero-order chi connectivity index (χ0) is 18.7. The molecule has 1 atom stereocenters. The molecule has 3 rings (SSSR count). The van der Waals surface area contributed by atoms with Gasteiger partial charge in [0, 0.05) is 19.1 Å². The van der Waals surface area contributed by atoms with Crippen molar-refractivity contribution in [3.8, 4) is 5.88 Å². The van der Waals surface area contributed by atoms with Crippen molar-refractivity contribution in [1.29, 1.82) is 0 Å². The van der Waals surface area contributed by atoms with Crippen LogP contribution in [0.5, 0.6) is 5.88 Å². The molecule has 1 amide bonds. The van der Waals surface area contributed by atoms with Crippen LogP contribution in [0.2, 0.25) is 0 Å². The van der Waals surface area contributed by atoms with E-state index in [4.69, 9.17) is 9.47 Å². The molecule has 1 aliphatic rings. The minimum atomic E-state index is -0.492. The van der Waals surface area contributed by atoms with Crippen LogP contribution in [0.4, 0.5) is 10.6 Å². The number of likely N-dealkylation sites (tertiary alicyclic amines) is 1. The second kappa shape index (κ2) is 7.35. The third kappa shape index (κ3) is 4.33. The topological polar surface area (TPSA) is 76.6 Å². The van der Waals surface area contributed by atoms with Gasteiger partial charge < -0.3 is 19.7 Å². The van der Waals surface area contributed by atoms with Gasteiger partial charge in [-0.25, -0.2) is 14.8 Å². The van der Waals surface area contributed by atoms with E-state index in [0.29, 0.717) is 31.4 Å². The number of carbonyl (C=O) groups excluding carboxylic acids is 1.